The molecule has 5 nitrogen and oxygen atoms in total. The Labute approximate surface area is 57.8 Å². The highest BCUT2D eigenvalue weighted by molar-refractivity contribution is 7.51. The van der Waals surface area contributed by atoms with Gasteiger partial charge in [-0.25, -0.2) is 0 Å². The summed E-state index contributed by atoms with van der Waals surface area (Å²) in [6, 6.07) is 0. The highest BCUT2D eigenvalue weighted by atomic mass is 31.2. The molecule has 0 atom stereocenters. The molecule has 0 aliphatic heterocycles. The fourth-order valence-electron chi connectivity index (χ4n) is 0.349. The van der Waals surface area contributed by atoms with Crippen LogP contribution in [-0.2, 0) is 9.36 Å². The number of ketones is 1. The lowest BCUT2D eigenvalue weighted by Gasteiger charge is -1.99. The van der Waals surface area contributed by atoms with Gasteiger partial charge in [-0.3, -0.25) is 9.36 Å². The van der Waals surface area contributed by atoms with Gasteiger partial charge in [-0.05, 0) is 0 Å². The van der Waals surface area contributed by atoms with Gasteiger partial charge in [0.15, 0.2) is 5.78 Å². The molecule has 3 N–H and O–H groups in total. The number of hydrogen-bond donors (Lipinski definition) is 3. The fraction of sp³-hybridized carbons (Fsp3) is 0.750. The smallest absolute Gasteiger partial charge is 0.326 e. The third kappa shape index (κ3) is 5.91. The van der Waals surface area contributed by atoms with E-state index in [9.17, 15) is 9.36 Å². The van der Waals surface area contributed by atoms with Crippen LogP contribution in [-0.4, -0.2) is 33.4 Å². The third-order valence-electron chi connectivity index (χ3n) is 0.858. The molecule has 0 rings (SSSR count). The predicted octanol–water partition coefficient (Wildman–Crippen LogP) is -0.884. The fourth-order valence-corrected chi connectivity index (χ4v) is 0.890. The van der Waals surface area contributed by atoms with Crippen LogP contribution in [0.15, 0.2) is 0 Å². The second kappa shape index (κ2) is 3.83. The first-order chi connectivity index (χ1) is 4.45. The van der Waals surface area contributed by atoms with E-state index in [4.69, 9.17) is 14.9 Å². The number of Topliss-reactive ketones (excluding diaryl/α,β-unsaturated/α-hetero) is 1. The largest absolute Gasteiger partial charge is 0.389 e. The zero-order valence-electron chi connectivity index (χ0n) is 5.23. The van der Waals surface area contributed by atoms with E-state index in [0.29, 0.717) is 0 Å². The first kappa shape index (κ1) is 9.78. The van der Waals surface area contributed by atoms with E-state index in [1.54, 1.807) is 0 Å². The standard InChI is InChI=1S/C4H9O5P/c5-3-4(6)1-2-10(7,8)9/h5H,1-3H2,(H2,7,8,9). The Bertz CT molecular complexity index is 159. The van der Waals surface area contributed by atoms with Crippen LogP contribution in [0.4, 0.5) is 0 Å². The quantitative estimate of drug-likeness (QED) is 0.473. The summed E-state index contributed by atoms with van der Waals surface area (Å²) in [5, 5.41) is 8.13. The molecule has 0 saturated carbocycles. The van der Waals surface area contributed by atoms with Crippen LogP contribution in [0.2, 0.25) is 0 Å². The molecule has 0 saturated heterocycles. The van der Waals surface area contributed by atoms with Crippen molar-refractivity contribution >= 4 is 13.4 Å². The maximum Gasteiger partial charge on any atom is 0.326 e. The summed E-state index contributed by atoms with van der Waals surface area (Å²) in [6.07, 6.45) is -0.743. The van der Waals surface area contributed by atoms with Crippen LogP contribution in [0, 0.1) is 0 Å². The van der Waals surface area contributed by atoms with Crippen molar-refractivity contribution in [2.45, 2.75) is 6.42 Å². The number of carbonyl (C=O) groups is 1. The summed E-state index contributed by atoms with van der Waals surface area (Å²) in [7, 11) is -4.06. The van der Waals surface area contributed by atoms with E-state index in [1.807, 2.05) is 0 Å². The van der Waals surface area contributed by atoms with Crippen molar-refractivity contribution < 1.29 is 24.3 Å². The maximum atomic E-state index is 10.3. The average molecular weight is 168 g/mol. The van der Waals surface area contributed by atoms with Gasteiger partial charge in [-0.15, -0.1) is 0 Å². The van der Waals surface area contributed by atoms with Gasteiger partial charge in [-0.2, -0.15) is 0 Å². The highest BCUT2D eigenvalue weighted by Crippen LogP contribution is 2.34. The lowest BCUT2D eigenvalue weighted by molar-refractivity contribution is -0.121. The minimum atomic E-state index is -4.06. The summed E-state index contributed by atoms with van der Waals surface area (Å²) >= 11 is 0. The molecule has 0 aliphatic carbocycles. The topological polar surface area (TPSA) is 94.8 Å². The average Bonchev–Trinajstić information content (AvgIpc) is 1.81. The van der Waals surface area contributed by atoms with Gasteiger partial charge in [0.05, 0.1) is 6.16 Å². The predicted molar refractivity (Wildman–Crippen MR) is 33.6 cm³/mol. The van der Waals surface area contributed by atoms with Crippen LogP contribution in [0.5, 0.6) is 0 Å². The molecule has 10 heavy (non-hydrogen) atoms. The maximum absolute atomic E-state index is 10.3. The van der Waals surface area contributed by atoms with Crippen molar-refractivity contribution in [3.05, 3.63) is 0 Å². The van der Waals surface area contributed by atoms with E-state index in [-0.39, 0.29) is 6.42 Å². The van der Waals surface area contributed by atoms with E-state index < -0.39 is 26.1 Å². The van der Waals surface area contributed by atoms with Gasteiger partial charge in [0.1, 0.15) is 6.61 Å². The molecule has 0 heterocycles. The number of rotatable bonds is 4. The van der Waals surface area contributed by atoms with Crippen LogP contribution in [0.3, 0.4) is 0 Å². The Morgan fingerprint density at radius 3 is 2.20 bits per heavy atom. The molecule has 0 aromatic heterocycles. The molecule has 0 radical (unpaired) electrons. The molecule has 0 unspecified atom stereocenters. The Kier molecular flexibility index (Phi) is 3.75. The van der Waals surface area contributed by atoms with Crippen molar-refractivity contribution in [3.63, 3.8) is 0 Å². The Morgan fingerprint density at radius 1 is 1.40 bits per heavy atom. The number of aliphatic hydroxyl groups excluding tert-OH is 1. The van der Waals surface area contributed by atoms with Crippen molar-refractivity contribution in [2.24, 2.45) is 0 Å². The van der Waals surface area contributed by atoms with E-state index in [0.717, 1.165) is 0 Å². The lowest BCUT2D eigenvalue weighted by Crippen LogP contribution is -2.05. The third-order valence-corrected chi connectivity index (χ3v) is 1.66. The van der Waals surface area contributed by atoms with Gasteiger partial charge in [0, 0.05) is 6.42 Å². The van der Waals surface area contributed by atoms with Crippen LogP contribution in [0.25, 0.3) is 0 Å². The lowest BCUT2D eigenvalue weighted by atomic mass is 10.3. The SMILES string of the molecule is O=C(CO)CCP(=O)(O)O. The normalized spacial score (nSPS) is 11.5. The zero-order chi connectivity index (χ0) is 8.20. The monoisotopic (exact) mass is 168 g/mol. The van der Waals surface area contributed by atoms with Crippen molar-refractivity contribution in [1.82, 2.24) is 0 Å². The second-order valence-corrected chi connectivity index (χ2v) is 3.61. The summed E-state index contributed by atoms with van der Waals surface area (Å²) in [5.41, 5.74) is 0. The molecule has 0 aliphatic rings. The van der Waals surface area contributed by atoms with Gasteiger partial charge >= 0.3 is 7.60 Å². The first-order valence-electron chi connectivity index (χ1n) is 2.63. The zero-order valence-corrected chi connectivity index (χ0v) is 6.12. The van der Waals surface area contributed by atoms with E-state index in [1.165, 1.54) is 0 Å². The van der Waals surface area contributed by atoms with Crippen LogP contribution >= 0.6 is 7.60 Å². The summed E-state index contributed by atoms with van der Waals surface area (Å²) in [6.45, 7) is -0.653. The van der Waals surface area contributed by atoms with Gasteiger partial charge in [0.25, 0.3) is 0 Å². The molecule has 0 bridgehead atoms. The van der Waals surface area contributed by atoms with Crippen molar-refractivity contribution in [2.75, 3.05) is 12.8 Å². The van der Waals surface area contributed by atoms with Crippen molar-refractivity contribution in [3.8, 4) is 0 Å². The molecule has 0 amide bonds. The van der Waals surface area contributed by atoms with E-state index >= 15 is 0 Å². The second-order valence-electron chi connectivity index (χ2n) is 1.84. The van der Waals surface area contributed by atoms with Gasteiger partial charge in [-0.1, -0.05) is 0 Å². The summed E-state index contributed by atoms with van der Waals surface area (Å²) in [5.74, 6) is -0.552. The van der Waals surface area contributed by atoms with Gasteiger partial charge < -0.3 is 14.9 Å². The molecule has 60 valence electrons. The Hall–Kier alpha value is -0.220. The number of aliphatic hydroxyl groups is 1. The Morgan fingerprint density at radius 2 is 1.90 bits per heavy atom. The summed E-state index contributed by atoms with van der Waals surface area (Å²) in [4.78, 5) is 26.7. The summed E-state index contributed by atoms with van der Waals surface area (Å²) < 4.78 is 10.1. The highest BCUT2D eigenvalue weighted by Gasteiger charge is 2.14. The Balaban J connectivity index is 3.56. The van der Waals surface area contributed by atoms with Crippen LogP contribution in [0.1, 0.15) is 6.42 Å². The van der Waals surface area contributed by atoms with Crippen LogP contribution < -0.4 is 0 Å². The molecule has 0 fully saturated rings. The molecule has 6 heteroatoms. The number of hydrogen-bond acceptors (Lipinski definition) is 3. The molecular formula is C4H9O5P. The van der Waals surface area contributed by atoms with Crippen molar-refractivity contribution in [1.29, 1.82) is 0 Å². The first-order valence-corrected chi connectivity index (χ1v) is 4.42. The molecular weight excluding hydrogens is 159 g/mol. The van der Waals surface area contributed by atoms with E-state index in [2.05, 4.69) is 0 Å². The minimum absolute atomic E-state index is 0.263. The molecule has 0 spiro atoms. The minimum Gasteiger partial charge on any atom is -0.389 e. The molecule has 0 aromatic carbocycles. The van der Waals surface area contributed by atoms with Gasteiger partial charge in [0.2, 0.25) is 0 Å². The molecule has 0 aromatic rings. The number of carbonyl (C=O) groups excluding carboxylic acids is 1.